The van der Waals surface area contributed by atoms with Crippen molar-refractivity contribution in [1.29, 1.82) is 0 Å². The van der Waals surface area contributed by atoms with Crippen LogP contribution in [0.15, 0.2) is 30.5 Å². The summed E-state index contributed by atoms with van der Waals surface area (Å²) < 4.78 is 9.20. The van der Waals surface area contributed by atoms with E-state index in [1.807, 2.05) is 0 Å². The van der Waals surface area contributed by atoms with Gasteiger partial charge in [0.15, 0.2) is 0 Å². The van der Waals surface area contributed by atoms with Gasteiger partial charge in [-0.3, -0.25) is 0 Å². The molecule has 2 aromatic rings. The fourth-order valence-corrected chi connectivity index (χ4v) is 5.71. The molecule has 162 valence electrons. The minimum atomic E-state index is -0.0271. The number of hydrogen-bond acceptors (Lipinski definition) is 3. The van der Waals surface area contributed by atoms with Gasteiger partial charge in [0.2, 0.25) is 0 Å². The van der Waals surface area contributed by atoms with Crippen LogP contribution in [0.3, 0.4) is 0 Å². The summed E-state index contributed by atoms with van der Waals surface area (Å²) in [6.07, 6.45) is 15.5. The monoisotopic (exact) mass is 407 g/mol. The largest absolute Gasteiger partial charge is 0.362 e. The number of hydrogen-bond donors (Lipinski definition) is 0. The van der Waals surface area contributed by atoms with Gasteiger partial charge in [0.05, 0.1) is 11.8 Å². The highest BCUT2D eigenvalue weighted by molar-refractivity contribution is 5.35. The van der Waals surface area contributed by atoms with Crippen molar-refractivity contribution in [3.8, 4) is 0 Å². The van der Waals surface area contributed by atoms with Crippen LogP contribution in [-0.2, 0) is 24.1 Å². The molecule has 1 unspecified atom stereocenters. The highest BCUT2D eigenvalue weighted by Gasteiger charge is 2.30. The van der Waals surface area contributed by atoms with Crippen molar-refractivity contribution in [3.63, 3.8) is 0 Å². The molecule has 1 aromatic carbocycles. The Morgan fingerprint density at radius 2 is 1.83 bits per heavy atom. The molecule has 3 heterocycles. The summed E-state index contributed by atoms with van der Waals surface area (Å²) in [7, 11) is 2.21. The van der Waals surface area contributed by atoms with Crippen molar-refractivity contribution in [1.82, 2.24) is 14.5 Å². The number of imidazole rings is 1. The first kappa shape index (κ1) is 20.3. The maximum Gasteiger partial charge on any atom is 0.142 e. The molecule has 1 saturated heterocycles. The Labute approximate surface area is 181 Å². The quantitative estimate of drug-likeness (QED) is 0.663. The molecule has 5 rings (SSSR count). The smallest absolute Gasteiger partial charge is 0.142 e. The van der Waals surface area contributed by atoms with Crippen molar-refractivity contribution in [2.45, 2.75) is 83.0 Å². The third kappa shape index (κ3) is 4.50. The molecule has 0 bridgehead atoms. The van der Waals surface area contributed by atoms with E-state index in [2.05, 4.69) is 47.0 Å². The van der Waals surface area contributed by atoms with Crippen LogP contribution in [0.1, 0.15) is 80.1 Å². The number of benzene rings is 1. The topological polar surface area (TPSA) is 30.3 Å². The van der Waals surface area contributed by atoms with Gasteiger partial charge in [0, 0.05) is 25.8 Å². The first-order valence-electron chi connectivity index (χ1n) is 12.2. The molecule has 4 heteroatoms. The lowest BCUT2D eigenvalue weighted by molar-refractivity contribution is -0.0276. The summed E-state index contributed by atoms with van der Waals surface area (Å²) in [6, 6.07) is 8.85. The fourth-order valence-electron chi connectivity index (χ4n) is 5.71. The SMILES string of the molecule is CN1CCC(OC2c3ccccc3CCn3cc(CCCC4CCCC4)nc32)CC1. The molecule has 1 atom stereocenters. The van der Waals surface area contributed by atoms with Gasteiger partial charge in [-0.25, -0.2) is 4.98 Å². The van der Waals surface area contributed by atoms with E-state index in [0.717, 1.165) is 57.1 Å². The second-order valence-electron chi connectivity index (χ2n) is 9.79. The molecule has 1 saturated carbocycles. The number of ether oxygens (including phenoxy) is 1. The van der Waals surface area contributed by atoms with E-state index >= 15 is 0 Å². The van der Waals surface area contributed by atoms with Gasteiger partial charge >= 0.3 is 0 Å². The van der Waals surface area contributed by atoms with Crippen LogP contribution in [-0.4, -0.2) is 40.7 Å². The average molecular weight is 408 g/mol. The Balaban J connectivity index is 1.34. The zero-order chi connectivity index (χ0) is 20.3. The van der Waals surface area contributed by atoms with Gasteiger partial charge in [-0.05, 0) is 56.2 Å². The summed E-state index contributed by atoms with van der Waals surface area (Å²) in [5.41, 5.74) is 4.02. The number of nitrogens with zero attached hydrogens (tertiary/aromatic N) is 3. The molecule has 2 aliphatic heterocycles. The second-order valence-corrected chi connectivity index (χ2v) is 9.79. The van der Waals surface area contributed by atoms with Gasteiger partial charge in [0.1, 0.15) is 11.9 Å². The number of piperidine rings is 1. The Morgan fingerprint density at radius 1 is 1.03 bits per heavy atom. The molecule has 1 aliphatic carbocycles. The zero-order valence-electron chi connectivity index (χ0n) is 18.6. The number of fused-ring (bicyclic) bond motifs is 2. The number of aryl methyl sites for hydroxylation is 3. The van der Waals surface area contributed by atoms with E-state index in [1.165, 1.54) is 55.3 Å². The predicted molar refractivity (Wildman–Crippen MR) is 121 cm³/mol. The van der Waals surface area contributed by atoms with E-state index < -0.39 is 0 Å². The highest BCUT2D eigenvalue weighted by atomic mass is 16.5. The second kappa shape index (κ2) is 9.23. The van der Waals surface area contributed by atoms with E-state index in [4.69, 9.17) is 9.72 Å². The van der Waals surface area contributed by atoms with Gasteiger partial charge in [-0.1, -0.05) is 56.4 Å². The minimum Gasteiger partial charge on any atom is -0.362 e. The summed E-state index contributed by atoms with van der Waals surface area (Å²) >= 11 is 0. The summed E-state index contributed by atoms with van der Waals surface area (Å²) in [6.45, 7) is 3.26. The molecule has 1 aromatic heterocycles. The van der Waals surface area contributed by atoms with Crippen molar-refractivity contribution in [2.75, 3.05) is 20.1 Å². The number of rotatable bonds is 6. The summed E-state index contributed by atoms with van der Waals surface area (Å²) in [4.78, 5) is 7.57. The van der Waals surface area contributed by atoms with E-state index in [-0.39, 0.29) is 6.10 Å². The lowest BCUT2D eigenvalue weighted by Crippen LogP contribution is -2.35. The van der Waals surface area contributed by atoms with Gasteiger partial charge < -0.3 is 14.2 Å². The normalized spacial score (nSPS) is 23.3. The Bertz CT molecular complexity index is 831. The number of likely N-dealkylation sites (tertiary alicyclic amines) is 1. The van der Waals surface area contributed by atoms with Crippen LogP contribution in [0, 0.1) is 5.92 Å². The van der Waals surface area contributed by atoms with Crippen LogP contribution < -0.4 is 0 Å². The van der Waals surface area contributed by atoms with Crippen LogP contribution >= 0.6 is 0 Å². The Morgan fingerprint density at radius 3 is 2.67 bits per heavy atom. The molecule has 4 nitrogen and oxygen atoms in total. The van der Waals surface area contributed by atoms with E-state index in [1.54, 1.807) is 0 Å². The molecule has 3 aliphatic rings. The molecule has 0 N–H and O–H groups in total. The summed E-state index contributed by atoms with van der Waals surface area (Å²) in [5, 5.41) is 0. The Kier molecular flexibility index (Phi) is 6.24. The van der Waals surface area contributed by atoms with E-state index in [9.17, 15) is 0 Å². The highest BCUT2D eigenvalue weighted by Crippen LogP contribution is 2.35. The van der Waals surface area contributed by atoms with Crippen LogP contribution in [0.25, 0.3) is 0 Å². The number of aromatic nitrogens is 2. The Hall–Kier alpha value is -1.65. The van der Waals surface area contributed by atoms with Crippen LogP contribution in [0.2, 0.25) is 0 Å². The van der Waals surface area contributed by atoms with Crippen molar-refractivity contribution in [2.24, 2.45) is 5.92 Å². The fraction of sp³-hybridized carbons (Fsp3) is 0.654. The van der Waals surface area contributed by atoms with Gasteiger partial charge in [0.25, 0.3) is 0 Å². The van der Waals surface area contributed by atoms with Crippen molar-refractivity contribution >= 4 is 0 Å². The molecular weight excluding hydrogens is 370 g/mol. The molecular formula is C26H37N3O. The molecule has 0 spiro atoms. The third-order valence-corrected chi connectivity index (χ3v) is 7.57. The standard InChI is InChI=1S/C26H37N3O/c1-28-16-14-23(15-17-28)30-25-24-12-5-4-10-21(24)13-18-29-19-22(27-26(25)29)11-6-9-20-7-2-3-8-20/h4-5,10,12,19-20,23,25H,2-3,6-9,11,13-18H2,1H3. The average Bonchev–Trinajstić information content (AvgIpc) is 3.40. The molecule has 30 heavy (non-hydrogen) atoms. The molecule has 0 radical (unpaired) electrons. The van der Waals surface area contributed by atoms with Crippen LogP contribution in [0.4, 0.5) is 0 Å². The third-order valence-electron chi connectivity index (χ3n) is 7.57. The molecule has 2 fully saturated rings. The van der Waals surface area contributed by atoms with Gasteiger partial charge in [-0.2, -0.15) is 0 Å². The van der Waals surface area contributed by atoms with Crippen molar-refractivity contribution < 1.29 is 4.74 Å². The first-order chi connectivity index (χ1) is 14.8. The minimum absolute atomic E-state index is 0.0271. The lowest BCUT2D eigenvalue weighted by Gasteiger charge is -2.32. The molecule has 0 amide bonds. The summed E-state index contributed by atoms with van der Waals surface area (Å²) in [5.74, 6) is 2.10. The lowest BCUT2D eigenvalue weighted by atomic mass is 9.99. The van der Waals surface area contributed by atoms with Crippen molar-refractivity contribution in [3.05, 3.63) is 53.1 Å². The van der Waals surface area contributed by atoms with Gasteiger partial charge in [-0.15, -0.1) is 0 Å². The predicted octanol–water partition coefficient (Wildman–Crippen LogP) is 5.15. The zero-order valence-corrected chi connectivity index (χ0v) is 18.6. The van der Waals surface area contributed by atoms with Crippen LogP contribution in [0.5, 0.6) is 0 Å². The maximum absolute atomic E-state index is 6.80. The first-order valence-corrected chi connectivity index (χ1v) is 12.2. The maximum atomic E-state index is 6.80. The van der Waals surface area contributed by atoms with E-state index in [0.29, 0.717) is 6.10 Å².